The van der Waals surface area contributed by atoms with Gasteiger partial charge in [-0.25, -0.2) is 8.78 Å². The minimum atomic E-state index is -0.808. The van der Waals surface area contributed by atoms with Crippen molar-refractivity contribution in [2.75, 3.05) is 0 Å². The maximum Gasteiger partial charge on any atom is 0.159 e. The van der Waals surface area contributed by atoms with Crippen LogP contribution in [0.3, 0.4) is 0 Å². The van der Waals surface area contributed by atoms with Crippen LogP contribution < -0.4 is 0 Å². The van der Waals surface area contributed by atoms with Crippen LogP contribution in [-0.2, 0) is 0 Å². The fourth-order valence-electron chi connectivity index (χ4n) is 2.43. The van der Waals surface area contributed by atoms with E-state index in [1.165, 1.54) is 30.5 Å². The Morgan fingerprint density at radius 2 is 1.38 bits per heavy atom. The SMILES string of the molecule is CC(C)CCC(C)c1ccc(-c2ccc(F)c(F)c2)cc1. The molecule has 0 saturated carbocycles. The van der Waals surface area contributed by atoms with E-state index in [1.807, 2.05) is 12.1 Å². The Morgan fingerprint density at radius 1 is 0.762 bits per heavy atom. The lowest BCUT2D eigenvalue weighted by Crippen LogP contribution is -1.97. The standard InChI is InChI=1S/C19H22F2/c1-13(2)4-5-14(3)15-6-8-16(9-7-15)17-10-11-18(20)19(21)12-17/h6-14H,4-5H2,1-3H3. The Hall–Kier alpha value is -1.70. The Kier molecular flexibility index (Phi) is 5.11. The molecule has 2 aromatic rings. The predicted molar refractivity (Wildman–Crippen MR) is 84.3 cm³/mol. The quantitative estimate of drug-likeness (QED) is 0.617. The highest BCUT2D eigenvalue weighted by Crippen LogP contribution is 2.27. The van der Waals surface area contributed by atoms with Gasteiger partial charge in [0.05, 0.1) is 0 Å². The smallest absolute Gasteiger partial charge is 0.159 e. The maximum absolute atomic E-state index is 13.3. The molecule has 2 aromatic carbocycles. The second kappa shape index (κ2) is 6.84. The Labute approximate surface area is 125 Å². The van der Waals surface area contributed by atoms with Crippen molar-refractivity contribution in [3.63, 3.8) is 0 Å². The summed E-state index contributed by atoms with van der Waals surface area (Å²) in [6.45, 7) is 6.70. The number of hydrogen-bond acceptors (Lipinski definition) is 0. The molecule has 0 aliphatic rings. The summed E-state index contributed by atoms with van der Waals surface area (Å²) in [6, 6.07) is 12.1. The van der Waals surface area contributed by atoms with Crippen LogP contribution in [0, 0.1) is 17.6 Å². The van der Waals surface area contributed by atoms with E-state index >= 15 is 0 Å². The fraction of sp³-hybridized carbons (Fsp3) is 0.368. The van der Waals surface area contributed by atoms with E-state index in [9.17, 15) is 8.78 Å². The highest BCUT2D eigenvalue weighted by molar-refractivity contribution is 5.63. The van der Waals surface area contributed by atoms with E-state index in [0.717, 1.165) is 5.56 Å². The molecule has 2 rings (SSSR count). The molecule has 0 nitrogen and oxygen atoms in total. The monoisotopic (exact) mass is 288 g/mol. The summed E-state index contributed by atoms with van der Waals surface area (Å²) in [4.78, 5) is 0. The maximum atomic E-state index is 13.3. The molecule has 0 amide bonds. The largest absolute Gasteiger partial charge is 0.204 e. The third-order valence-electron chi connectivity index (χ3n) is 3.91. The van der Waals surface area contributed by atoms with Crippen LogP contribution >= 0.6 is 0 Å². The van der Waals surface area contributed by atoms with Gasteiger partial charge in [-0.2, -0.15) is 0 Å². The van der Waals surface area contributed by atoms with Crippen molar-refractivity contribution in [3.8, 4) is 11.1 Å². The third kappa shape index (κ3) is 4.13. The summed E-state index contributed by atoms with van der Waals surface area (Å²) >= 11 is 0. The molecule has 1 atom stereocenters. The summed E-state index contributed by atoms with van der Waals surface area (Å²) in [5.41, 5.74) is 2.91. The average molecular weight is 288 g/mol. The van der Waals surface area contributed by atoms with Gasteiger partial charge in [-0.15, -0.1) is 0 Å². The molecule has 0 heterocycles. The van der Waals surface area contributed by atoms with Gasteiger partial charge < -0.3 is 0 Å². The van der Waals surface area contributed by atoms with E-state index in [0.29, 0.717) is 17.4 Å². The van der Waals surface area contributed by atoms with E-state index in [-0.39, 0.29) is 0 Å². The minimum absolute atomic E-state index is 0.520. The highest BCUT2D eigenvalue weighted by Gasteiger charge is 2.08. The lowest BCUT2D eigenvalue weighted by atomic mass is 9.92. The molecule has 0 aromatic heterocycles. The highest BCUT2D eigenvalue weighted by atomic mass is 19.2. The molecule has 0 aliphatic carbocycles. The molecular formula is C19H22F2. The average Bonchev–Trinajstić information content (AvgIpc) is 2.48. The lowest BCUT2D eigenvalue weighted by Gasteiger charge is -2.14. The zero-order chi connectivity index (χ0) is 15.4. The van der Waals surface area contributed by atoms with Crippen molar-refractivity contribution in [2.45, 2.75) is 39.5 Å². The Morgan fingerprint density at radius 3 is 1.95 bits per heavy atom. The molecule has 21 heavy (non-hydrogen) atoms. The molecule has 1 unspecified atom stereocenters. The van der Waals surface area contributed by atoms with E-state index < -0.39 is 11.6 Å². The van der Waals surface area contributed by atoms with Gasteiger partial charge >= 0.3 is 0 Å². The number of halogens is 2. The number of hydrogen-bond donors (Lipinski definition) is 0. The summed E-state index contributed by atoms with van der Waals surface area (Å²) in [5, 5.41) is 0. The third-order valence-corrected chi connectivity index (χ3v) is 3.91. The number of benzene rings is 2. The molecule has 2 heteroatoms. The molecule has 0 aliphatic heterocycles. The summed E-state index contributed by atoms with van der Waals surface area (Å²) < 4.78 is 26.2. The topological polar surface area (TPSA) is 0 Å². The lowest BCUT2D eigenvalue weighted by molar-refractivity contribution is 0.509. The molecule has 112 valence electrons. The van der Waals surface area contributed by atoms with Crippen LogP contribution in [0.5, 0.6) is 0 Å². The van der Waals surface area contributed by atoms with Gasteiger partial charge in [-0.1, -0.05) is 57.5 Å². The molecule has 0 radical (unpaired) electrons. The van der Waals surface area contributed by atoms with Crippen LogP contribution in [0.2, 0.25) is 0 Å². The molecular weight excluding hydrogens is 266 g/mol. The molecule has 0 fully saturated rings. The van der Waals surface area contributed by atoms with Crippen molar-refractivity contribution >= 4 is 0 Å². The van der Waals surface area contributed by atoms with Crippen LogP contribution in [0.1, 0.15) is 45.1 Å². The molecule has 0 bridgehead atoms. The molecule has 0 spiro atoms. The van der Waals surface area contributed by atoms with Crippen LogP contribution in [0.4, 0.5) is 8.78 Å². The van der Waals surface area contributed by atoms with Crippen molar-refractivity contribution < 1.29 is 8.78 Å². The molecule has 0 N–H and O–H groups in total. The van der Waals surface area contributed by atoms with E-state index in [4.69, 9.17) is 0 Å². The summed E-state index contributed by atoms with van der Waals surface area (Å²) in [5.74, 6) is -0.375. The van der Waals surface area contributed by atoms with Crippen LogP contribution in [-0.4, -0.2) is 0 Å². The van der Waals surface area contributed by atoms with Gasteiger partial charge in [-0.3, -0.25) is 0 Å². The van der Waals surface area contributed by atoms with Crippen LogP contribution in [0.15, 0.2) is 42.5 Å². The van der Waals surface area contributed by atoms with E-state index in [1.54, 1.807) is 6.07 Å². The normalized spacial score (nSPS) is 12.7. The second-order valence-electron chi connectivity index (χ2n) is 6.12. The van der Waals surface area contributed by atoms with Crippen molar-refractivity contribution in [1.29, 1.82) is 0 Å². The molecule has 0 saturated heterocycles. The first kappa shape index (κ1) is 15.7. The zero-order valence-electron chi connectivity index (χ0n) is 12.9. The first-order valence-electron chi connectivity index (χ1n) is 7.52. The predicted octanol–water partition coefficient (Wildman–Crippen LogP) is 6.17. The van der Waals surface area contributed by atoms with Gasteiger partial charge in [0.15, 0.2) is 11.6 Å². The van der Waals surface area contributed by atoms with Gasteiger partial charge in [0.2, 0.25) is 0 Å². The zero-order valence-corrected chi connectivity index (χ0v) is 12.9. The van der Waals surface area contributed by atoms with Gasteiger partial charge in [0.25, 0.3) is 0 Å². The van der Waals surface area contributed by atoms with Crippen molar-refractivity contribution in [1.82, 2.24) is 0 Å². The summed E-state index contributed by atoms with van der Waals surface area (Å²) in [7, 11) is 0. The second-order valence-corrected chi connectivity index (χ2v) is 6.12. The van der Waals surface area contributed by atoms with Crippen molar-refractivity contribution in [3.05, 3.63) is 59.7 Å². The minimum Gasteiger partial charge on any atom is -0.204 e. The first-order valence-corrected chi connectivity index (χ1v) is 7.52. The first-order chi connectivity index (χ1) is 9.97. The van der Waals surface area contributed by atoms with Crippen molar-refractivity contribution in [2.24, 2.45) is 5.92 Å². The van der Waals surface area contributed by atoms with E-state index in [2.05, 4.69) is 32.9 Å². The van der Waals surface area contributed by atoms with Gasteiger partial charge in [0, 0.05) is 0 Å². The summed E-state index contributed by atoms with van der Waals surface area (Å²) in [6.07, 6.45) is 2.38. The fourth-order valence-corrected chi connectivity index (χ4v) is 2.43. The van der Waals surface area contributed by atoms with Gasteiger partial charge in [0.1, 0.15) is 0 Å². The Balaban J connectivity index is 2.12. The van der Waals surface area contributed by atoms with Gasteiger partial charge in [-0.05, 0) is 47.1 Å². The number of rotatable bonds is 5. The Bertz CT molecular complexity index is 585. The van der Waals surface area contributed by atoms with Crippen LogP contribution in [0.25, 0.3) is 11.1 Å².